The summed E-state index contributed by atoms with van der Waals surface area (Å²) in [5.41, 5.74) is 0.377. The second-order valence-corrected chi connectivity index (χ2v) is 48.2. The summed E-state index contributed by atoms with van der Waals surface area (Å²) in [5.74, 6) is -1.15. The Morgan fingerprint density at radius 3 is 1.39 bits per heavy atom. The maximum atomic E-state index is 11.7. The van der Waals surface area contributed by atoms with E-state index in [0.717, 1.165) is 31.3 Å². The predicted molar refractivity (Wildman–Crippen MR) is 237 cm³/mol. The molecule has 14 nitrogen and oxygen atoms in total. The molecule has 0 aromatic carbocycles. The zero-order valence-corrected chi connectivity index (χ0v) is 39.9. The first kappa shape index (κ1) is 59.2. The van der Waals surface area contributed by atoms with Crippen LogP contribution in [-0.2, 0) is 57.4 Å². The molecule has 0 N–H and O–H groups in total. The quantitative estimate of drug-likeness (QED) is 0.0424. The second-order valence-electron chi connectivity index (χ2n) is 12.8. The van der Waals surface area contributed by atoms with Crippen molar-refractivity contribution in [3.05, 3.63) is 21.8 Å². The van der Waals surface area contributed by atoms with Crippen molar-refractivity contribution in [1.29, 1.82) is 0 Å². The molecule has 0 spiro atoms. The van der Waals surface area contributed by atoms with Crippen molar-refractivity contribution >= 4 is 95.6 Å². The maximum absolute atomic E-state index is 11.7. The SMILES string of the molecule is C.C.CCOC(=O)C1CCC(=O)CC1.CCOC(=O)C=C1CCC(C(=O)OCC)CC1.CCOC(=O)CC1(C[N+](=O)[O-])CCC(C(=O)OCC)CC1.[I][V]([I])[I]. The van der Waals surface area contributed by atoms with Gasteiger partial charge in [0.15, 0.2) is 0 Å². The van der Waals surface area contributed by atoms with E-state index in [1.165, 1.54) is 0 Å². The fraction of sp³-hybridized carbons (Fsp3) is 0.789. The summed E-state index contributed by atoms with van der Waals surface area (Å²) >= 11 is 7.39. The topological polar surface area (TPSA) is 192 Å². The van der Waals surface area contributed by atoms with E-state index >= 15 is 0 Å². The van der Waals surface area contributed by atoms with Crippen LogP contribution in [-0.4, -0.2) is 80.1 Å². The zero-order valence-electron chi connectivity index (χ0n) is 32.1. The third kappa shape index (κ3) is 27.6. The Morgan fingerprint density at radius 1 is 0.679 bits per heavy atom. The average molecular weight is 1180 g/mol. The molecule has 3 aliphatic carbocycles. The molecule has 0 atom stereocenters. The van der Waals surface area contributed by atoms with Crippen LogP contribution >= 0.6 is 59.9 Å². The molecule has 0 heterocycles. The van der Waals surface area contributed by atoms with Gasteiger partial charge in [-0.1, -0.05) is 20.4 Å². The van der Waals surface area contributed by atoms with Crippen LogP contribution in [0.2, 0.25) is 0 Å². The molecule has 0 aromatic heterocycles. The third-order valence-corrected chi connectivity index (χ3v) is 8.97. The fourth-order valence-corrected chi connectivity index (χ4v) is 6.32. The van der Waals surface area contributed by atoms with Gasteiger partial charge in [0, 0.05) is 29.3 Å². The van der Waals surface area contributed by atoms with Crippen LogP contribution in [0.1, 0.15) is 133 Å². The van der Waals surface area contributed by atoms with Gasteiger partial charge in [-0.05, 0) is 98.8 Å². The number of ether oxygens (including phenoxy) is 5. The first-order chi connectivity index (χ1) is 25.6. The number of Topliss-reactive ketones (excluding diaryl/α,β-unsaturated/α-hetero) is 1. The van der Waals surface area contributed by atoms with Crippen LogP contribution in [0.5, 0.6) is 0 Å². The summed E-state index contributed by atoms with van der Waals surface area (Å²) in [4.78, 5) is 78.4. The Bertz CT molecular complexity index is 1200. The average Bonchev–Trinajstić information content (AvgIpc) is 3.10. The van der Waals surface area contributed by atoms with Crippen LogP contribution < -0.4 is 0 Å². The van der Waals surface area contributed by atoms with Gasteiger partial charge in [0.1, 0.15) is 5.78 Å². The summed E-state index contributed by atoms with van der Waals surface area (Å²) < 4.78 is 24.6. The Balaban J connectivity index is -0.000000724. The van der Waals surface area contributed by atoms with E-state index in [-0.39, 0.29) is 91.7 Å². The number of allylic oxidation sites excluding steroid dienone is 1. The summed E-state index contributed by atoms with van der Waals surface area (Å²) in [6.45, 7) is 10.4. The standard InChI is InChI=1S/C14H23NO6.C13H20O4.C9H14O3.2CH4.3HI.V/c1-3-20-12(16)9-14(10-15(18)19)7-5-11(6-8-14)13(17)21-4-2;1-3-16-12(14)9-10-5-7-11(8-6-10)13(15)17-4-2;1-2-12-9(11)7-3-5-8(10)6-4-7;;;;;;/h11H,3-10H2,1-2H3;9,11H,3-8H2,1-2H3;7H,2-6H2,1H3;2*1H4;3*1H;/q;;;;;;;;+3/p-3. The van der Waals surface area contributed by atoms with Crippen molar-refractivity contribution in [2.45, 2.75) is 133 Å². The van der Waals surface area contributed by atoms with E-state index in [9.17, 15) is 38.9 Å². The molecule has 0 bridgehead atoms. The number of halogens is 3. The number of carbonyl (C=O) groups is 6. The molecular formula is C38H65I3NO13V. The summed E-state index contributed by atoms with van der Waals surface area (Å²) in [5, 5.41) is 10.9. The molecule has 0 radical (unpaired) electrons. The molecule has 3 saturated carbocycles. The van der Waals surface area contributed by atoms with Crippen molar-refractivity contribution < 1.29 is 62.3 Å². The van der Waals surface area contributed by atoms with Gasteiger partial charge in [-0.15, -0.1) is 0 Å². The van der Waals surface area contributed by atoms with E-state index in [1.54, 1.807) is 33.8 Å². The Hall–Kier alpha value is -1.07. The van der Waals surface area contributed by atoms with Crippen molar-refractivity contribution in [1.82, 2.24) is 0 Å². The molecule has 0 aromatic rings. The molecule has 3 fully saturated rings. The van der Waals surface area contributed by atoms with Gasteiger partial charge >= 0.3 is 94.7 Å². The van der Waals surface area contributed by atoms with Gasteiger partial charge in [0.2, 0.25) is 6.54 Å². The summed E-state index contributed by atoms with van der Waals surface area (Å²) in [6.07, 6.45) is 9.12. The molecule has 18 heteroatoms. The predicted octanol–water partition coefficient (Wildman–Crippen LogP) is 9.42. The van der Waals surface area contributed by atoms with E-state index in [0.29, 0.717) is 77.8 Å². The van der Waals surface area contributed by atoms with Crippen LogP contribution in [0.15, 0.2) is 11.6 Å². The van der Waals surface area contributed by atoms with Crippen LogP contribution in [0.4, 0.5) is 0 Å². The van der Waals surface area contributed by atoms with Gasteiger partial charge in [0.05, 0.1) is 57.2 Å². The molecule has 3 rings (SSSR count). The minimum absolute atomic E-state index is 0. The number of hydrogen-bond donors (Lipinski definition) is 0. The van der Waals surface area contributed by atoms with Gasteiger partial charge in [-0.2, -0.15) is 0 Å². The molecule has 3 aliphatic rings. The Morgan fingerprint density at radius 2 is 1.04 bits per heavy atom. The minimum atomic E-state index is -0.696. The number of carbonyl (C=O) groups excluding carboxylic acids is 6. The van der Waals surface area contributed by atoms with Crippen LogP contribution in [0, 0.1) is 33.3 Å². The summed E-state index contributed by atoms with van der Waals surface area (Å²) in [7, 11) is 0. The molecule has 0 amide bonds. The van der Waals surface area contributed by atoms with E-state index in [1.807, 2.05) is 6.92 Å². The van der Waals surface area contributed by atoms with Gasteiger partial charge in [-0.3, -0.25) is 34.1 Å². The van der Waals surface area contributed by atoms with E-state index in [2.05, 4.69) is 59.9 Å². The van der Waals surface area contributed by atoms with Crippen LogP contribution in [0.3, 0.4) is 0 Å². The molecule has 0 aliphatic heterocycles. The Kier molecular flexibility index (Phi) is 36.8. The molecular weight excluding hydrogens is 1110 g/mol. The normalized spacial score (nSPS) is 20.2. The van der Waals surface area contributed by atoms with Crippen molar-refractivity contribution in [3.63, 3.8) is 0 Å². The third-order valence-electron chi connectivity index (χ3n) is 8.97. The number of rotatable bonds is 13. The molecule has 326 valence electrons. The number of esters is 5. The van der Waals surface area contributed by atoms with Crippen molar-refractivity contribution in [3.8, 4) is 0 Å². The van der Waals surface area contributed by atoms with Crippen molar-refractivity contribution in [2.75, 3.05) is 39.6 Å². The molecule has 0 saturated heterocycles. The van der Waals surface area contributed by atoms with Gasteiger partial charge in [0.25, 0.3) is 0 Å². The number of nitrogens with zero attached hydrogens (tertiary/aromatic N) is 1. The summed E-state index contributed by atoms with van der Waals surface area (Å²) in [6, 6.07) is 0. The van der Waals surface area contributed by atoms with Crippen molar-refractivity contribution in [2.24, 2.45) is 23.2 Å². The van der Waals surface area contributed by atoms with Crippen LogP contribution in [0.25, 0.3) is 0 Å². The van der Waals surface area contributed by atoms with E-state index in [4.69, 9.17) is 23.7 Å². The number of ketones is 1. The number of nitro groups is 1. The zero-order chi connectivity index (χ0) is 41.1. The monoisotopic (exact) mass is 1180 g/mol. The second kappa shape index (κ2) is 34.8. The van der Waals surface area contributed by atoms with Gasteiger partial charge in [-0.25, -0.2) is 4.79 Å². The first-order valence-electron chi connectivity index (χ1n) is 18.5. The van der Waals surface area contributed by atoms with E-state index < -0.39 is 11.4 Å². The fourth-order valence-electron chi connectivity index (χ4n) is 6.32. The first-order valence-corrected chi connectivity index (χ1v) is 32.0. The molecule has 56 heavy (non-hydrogen) atoms. The molecule has 0 unspecified atom stereocenters. The Labute approximate surface area is 372 Å². The number of hydrogen-bond acceptors (Lipinski definition) is 13. The van der Waals surface area contributed by atoms with Gasteiger partial charge < -0.3 is 23.7 Å².